The summed E-state index contributed by atoms with van der Waals surface area (Å²) < 4.78 is 5.34. The molecule has 0 aliphatic carbocycles. The molecule has 9 atom stereocenters. The Bertz CT molecular complexity index is 671. The normalized spacial score (nSPS) is 21.1. The highest BCUT2D eigenvalue weighted by atomic mass is 16.6. The molecule has 0 spiro atoms. The molecule has 0 saturated heterocycles. The van der Waals surface area contributed by atoms with Crippen LogP contribution >= 0.6 is 0 Å². The second-order valence-corrected chi connectivity index (χ2v) is 9.49. The molecule has 0 aromatic carbocycles. The van der Waals surface area contributed by atoms with Crippen molar-refractivity contribution >= 4 is 6.09 Å². The lowest BCUT2D eigenvalue weighted by Gasteiger charge is -2.33. The van der Waals surface area contributed by atoms with E-state index in [1.807, 2.05) is 66.7 Å². The summed E-state index contributed by atoms with van der Waals surface area (Å²) in [7, 11) is 0. The first-order valence-corrected chi connectivity index (χ1v) is 12.0. The van der Waals surface area contributed by atoms with Crippen LogP contribution in [0.1, 0.15) is 61.3 Å². The molecule has 6 nitrogen and oxygen atoms in total. The maximum Gasteiger partial charge on any atom is 0.404 e. The summed E-state index contributed by atoms with van der Waals surface area (Å²) in [5.41, 5.74) is 6.34. The topological polar surface area (TPSA) is 113 Å². The molecule has 0 aromatic rings. The number of nitrogens with two attached hydrogens (primary N) is 1. The number of hydrogen-bond acceptors (Lipinski definition) is 5. The molecule has 0 fully saturated rings. The average Bonchev–Trinajstić information content (AvgIpc) is 2.76. The Kier molecular flexibility index (Phi) is 15.0. The molecule has 0 bridgehead atoms. The number of aliphatic hydroxyl groups excluding tert-OH is 3. The summed E-state index contributed by atoms with van der Waals surface area (Å²) >= 11 is 0. The quantitative estimate of drug-likeness (QED) is 0.206. The molecule has 0 aliphatic heterocycles. The number of primary amides is 1. The minimum atomic E-state index is -0.862. The molecule has 1 amide bonds. The summed E-state index contributed by atoms with van der Waals surface area (Å²) in [5, 5.41) is 31.3. The van der Waals surface area contributed by atoms with Gasteiger partial charge in [-0.15, -0.1) is 0 Å². The Hall–Kier alpha value is -1.89. The van der Waals surface area contributed by atoms with Gasteiger partial charge in [0.05, 0.1) is 18.3 Å². The predicted octanol–water partition coefficient (Wildman–Crippen LogP) is 4.76. The first-order chi connectivity index (χ1) is 15.3. The number of aliphatic hydroxyl groups is 3. The fourth-order valence-electron chi connectivity index (χ4n) is 4.18. The van der Waals surface area contributed by atoms with Gasteiger partial charge in [-0.3, -0.25) is 0 Å². The van der Waals surface area contributed by atoms with Gasteiger partial charge in [-0.1, -0.05) is 90.2 Å². The van der Waals surface area contributed by atoms with Gasteiger partial charge in [0.1, 0.15) is 6.10 Å². The first-order valence-electron chi connectivity index (χ1n) is 12.0. The SMILES string of the molecule is C=CC=CC(C)C(OC(N)=O)C(C)C(O)C(C)CC(C)=CC(C)C(O)C(C)C=CC(O)CC. The van der Waals surface area contributed by atoms with Crippen LogP contribution in [0.5, 0.6) is 0 Å². The summed E-state index contributed by atoms with van der Waals surface area (Å²) in [6, 6.07) is 0. The van der Waals surface area contributed by atoms with Crippen molar-refractivity contribution in [1.29, 1.82) is 0 Å². The average molecular weight is 466 g/mol. The van der Waals surface area contributed by atoms with E-state index >= 15 is 0 Å². The smallest absolute Gasteiger partial charge is 0.404 e. The minimum Gasteiger partial charge on any atom is -0.445 e. The molecule has 33 heavy (non-hydrogen) atoms. The van der Waals surface area contributed by atoms with Gasteiger partial charge < -0.3 is 25.8 Å². The zero-order valence-corrected chi connectivity index (χ0v) is 21.5. The Labute approximate surface area is 200 Å². The molecule has 0 rings (SSSR count). The Morgan fingerprint density at radius 1 is 0.970 bits per heavy atom. The van der Waals surface area contributed by atoms with Crippen molar-refractivity contribution in [3.05, 3.63) is 48.6 Å². The number of carbonyl (C=O) groups is 1. The highest BCUT2D eigenvalue weighted by molar-refractivity contribution is 5.64. The zero-order valence-electron chi connectivity index (χ0n) is 21.5. The summed E-state index contributed by atoms with van der Waals surface area (Å²) in [4.78, 5) is 11.4. The molecule has 0 radical (unpaired) electrons. The van der Waals surface area contributed by atoms with Crippen molar-refractivity contribution in [1.82, 2.24) is 0 Å². The third kappa shape index (κ3) is 11.7. The molecule has 9 unspecified atom stereocenters. The second kappa shape index (κ2) is 15.9. The maximum atomic E-state index is 11.4. The highest BCUT2D eigenvalue weighted by Crippen LogP contribution is 2.28. The van der Waals surface area contributed by atoms with E-state index in [0.717, 1.165) is 5.57 Å². The van der Waals surface area contributed by atoms with Gasteiger partial charge in [0.2, 0.25) is 0 Å². The number of allylic oxidation sites excluding steroid dienone is 3. The van der Waals surface area contributed by atoms with E-state index in [-0.39, 0.29) is 29.6 Å². The van der Waals surface area contributed by atoms with Gasteiger partial charge in [0.15, 0.2) is 0 Å². The first kappa shape index (κ1) is 31.1. The van der Waals surface area contributed by atoms with E-state index in [0.29, 0.717) is 12.8 Å². The molecular weight excluding hydrogens is 418 g/mol. The van der Waals surface area contributed by atoms with Gasteiger partial charge >= 0.3 is 6.09 Å². The largest absolute Gasteiger partial charge is 0.445 e. The van der Waals surface area contributed by atoms with Crippen molar-refractivity contribution in [2.75, 3.05) is 0 Å². The number of amides is 1. The van der Waals surface area contributed by atoms with Crippen LogP contribution in [0.3, 0.4) is 0 Å². The third-order valence-electron chi connectivity index (χ3n) is 6.28. The summed E-state index contributed by atoms with van der Waals surface area (Å²) in [5.74, 6) is -0.736. The number of hydrogen-bond donors (Lipinski definition) is 4. The Morgan fingerprint density at radius 2 is 1.58 bits per heavy atom. The van der Waals surface area contributed by atoms with Crippen molar-refractivity contribution in [2.45, 2.75) is 85.7 Å². The van der Waals surface area contributed by atoms with Gasteiger partial charge in [-0.05, 0) is 25.7 Å². The second-order valence-electron chi connectivity index (χ2n) is 9.49. The van der Waals surface area contributed by atoms with Crippen LogP contribution < -0.4 is 5.73 Å². The van der Waals surface area contributed by atoms with E-state index in [4.69, 9.17) is 10.5 Å². The molecule has 0 aliphatic rings. The van der Waals surface area contributed by atoms with Gasteiger partial charge in [0, 0.05) is 23.7 Å². The van der Waals surface area contributed by atoms with Crippen LogP contribution in [0.15, 0.2) is 48.6 Å². The fourth-order valence-corrected chi connectivity index (χ4v) is 4.18. The molecule has 5 N–H and O–H groups in total. The van der Waals surface area contributed by atoms with Crippen LogP contribution in [0.25, 0.3) is 0 Å². The number of ether oxygens (including phenoxy) is 1. The number of carbonyl (C=O) groups excluding carboxylic acids is 1. The monoisotopic (exact) mass is 465 g/mol. The Morgan fingerprint density at radius 3 is 2.09 bits per heavy atom. The standard InChI is InChI=1S/C27H47NO5/c1-9-11-12-19(5)26(33-27(28)32)22(8)25(31)21(7)16-17(3)15-20(6)24(30)18(4)13-14-23(29)10-2/h9,11-15,18-26,29-31H,1,10,16H2,2-8H3,(H2,28,32). The maximum absolute atomic E-state index is 11.4. The van der Waals surface area contributed by atoms with E-state index in [1.165, 1.54) is 0 Å². The molecule has 0 aromatic heterocycles. The van der Waals surface area contributed by atoms with Crippen LogP contribution in [0, 0.1) is 29.6 Å². The van der Waals surface area contributed by atoms with E-state index in [2.05, 4.69) is 6.58 Å². The summed E-state index contributed by atoms with van der Waals surface area (Å²) in [6.45, 7) is 17.2. The van der Waals surface area contributed by atoms with E-state index < -0.39 is 30.5 Å². The van der Waals surface area contributed by atoms with Gasteiger partial charge in [-0.2, -0.15) is 0 Å². The lowest BCUT2D eigenvalue weighted by Crippen LogP contribution is -2.41. The fraction of sp³-hybridized carbons (Fsp3) is 0.667. The molecule has 0 heterocycles. The van der Waals surface area contributed by atoms with E-state index in [1.54, 1.807) is 18.2 Å². The third-order valence-corrected chi connectivity index (χ3v) is 6.28. The van der Waals surface area contributed by atoms with Crippen LogP contribution in [0.4, 0.5) is 4.79 Å². The molecular formula is C27H47NO5. The number of rotatable bonds is 15. The van der Waals surface area contributed by atoms with Crippen LogP contribution in [0.2, 0.25) is 0 Å². The molecule has 190 valence electrons. The molecule has 6 heteroatoms. The minimum absolute atomic E-state index is 0.0832. The highest BCUT2D eigenvalue weighted by Gasteiger charge is 2.33. The lowest BCUT2D eigenvalue weighted by atomic mass is 9.81. The van der Waals surface area contributed by atoms with Gasteiger partial charge in [0.25, 0.3) is 0 Å². The predicted molar refractivity (Wildman–Crippen MR) is 135 cm³/mol. The van der Waals surface area contributed by atoms with Crippen molar-refractivity contribution in [3.63, 3.8) is 0 Å². The molecule has 0 saturated carbocycles. The lowest BCUT2D eigenvalue weighted by molar-refractivity contribution is -0.0266. The zero-order chi connectivity index (χ0) is 25.7. The van der Waals surface area contributed by atoms with Gasteiger partial charge in [-0.25, -0.2) is 4.79 Å². The van der Waals surface area contributed by atoms with Crippen molar-refractivity contribution < 1.29 is 24.9 Å². The summed E-state index contributed by atoms with van der Waals surface area (Å²) in [6.07, 6.45) is 8.99. The van der Waals surface area contributed by atoms with E-state index in [9.17, 15) is 20.1 Å². The van der Waals surface area contributed by atoms with Crippen LogP contribution in [-0.2, 0) is 4.74 Å². The Balaban J connectivity index is 5.20. The van der Waals surface area contributed by atoms with Crippen LogP contribution in [-0.4, -0.2) is 45.8 Å². The van der Waals surface area contributed by atoms with Crippen molar-refractivity contribution in [3.8, 4) is 0 Å². The van der Waals surface area contributed by atoms with Crippen molar-refractivity contribution in [2.24, 2.45) is 35.3 Å².